The SMILES string of the molecule is CC(=O)OC1[C@H]2CCC[C@@H]1[C@H](c1ccc(C)cc1)N(C)[C@@H]2c1ccc(C)cc1. The number of benzene rings is 2. The van der Waals surface area contributed by atoms with Crippen molar-refractivity contribution in [1.82, 2.24) is 4.90 Å². The maximum Gasteiger partial charge on any atom is 0.302 e. The Labute approximate surface area is 168 Å². The van der Waals surface area contributed by atoms with Crippen molar-refractivity contribution in [3.05, 3.63) is 70.8 Å². The molecular formula is C25H31NO2. The molecule has 2 aromatic carbocycles. The number of aryl methyl sites for hydroxylation is 2. The van der Waals surface area contributed by atoms with Gasteiger partial charge in [-0.3, -0.25) is 9.69 Å². The number of piperidine rings is 1. The monoisotopic (exact) mass is 377 g/mol. The van der Waals surface area contributed by atoms with Crippen molar-refractivity contribution >= 4 is 5.97 Å². The summed E-state index contributed by atoms with van der Waals surface area (Å²) in [4.78, 5) is 14.5. The molecule has 4 rings (SSSR count). The van der Waals surface area contributed by atoms with E-state index in [2.05, 4.69) is 74.3 Å². The number of likely N-dealkylation sites (tertiary alicyclic amines) is 1. The average molecular weight is 378 g/mol. The normalized spacial score (nSPS) is 30.1. The van der Waals surface area contributed by atoms with E-state index in [9.17, 15) is 4.79 Å². The van der Waals surface area contributed by atoms with Gasteiger partial charge in [-0.2, -0.15) is 0 Å². The second kappa shape index (κ2) is 7.71. The Balaban J connectivity index is 1.79. The molecule has 1 unspecified atom stereocenters. The fraction of sp³-hybridized carbons (Fsp3) is 0.480. The molecule has 3 nitrogen and oxygen atoms in total. The van der Waals surface area contributed by atoms with E-state index in [1.807, 2.05) is 0 Å². The van der Waals surface area contributed by atoms with Gasteiger partial charge >= 0.3 is 5.97 Å². The minimum Gasteiger partial charge on any atom is -0.462 e. The second-order valence-corrected chi connectivity index (χ2v) is 8.71. The minimum atomic E-state index is -0.156. The van der Waals surface area contributed by atoms with Crippen LogP contribution in [0.15, 0.2) is 48.5 Å². The summed E-state index contributed by atoms with van der Waals surface area (Å²) in [5.41, 5.74) is 5.20. The third-order valence-corrected chi connectivity index (χ3v) is 6.75. The van der Waals surface area contributed by atoms with E-state index in [1.165, 1.54) is 28.7 Å². The molecule has 0 amide bonds. The Morgan fingerprint density at radius 2 is 1.29 bits per heavy atom. The van der Waals surface area contributed by atoms with Crippen molar-refractivity contribution in [1.29, 1.82) is 0 Å². The topological polar surface area (TPSA) is 29.5 Å². The Bertz CT molecular complexity index is 765. The molecule has 2 fully saturated rings. The number of carbonyl (C=O) groups is 1. The van der Waals surface area contributed by atoms with Crippen molar-refractivity contribution in [2.45, 2.75) is 58.2 Å². The summed E-state index contributed by atoms with van der Waals surface area (Å²) >= 11 is 0. The number of fused-ring (bicyclic) bond motifs is 2. The van der Waals surface area contributed by atoms with Crippen LogP contribution in [0, 0.1) is 25.7 Å². The van der Waals surface area contributed by atoms with Gasteiger partial charge in [0, 0.05) is 30.8 Å². The van der Waals surface area contributed by atoms with Crippen molar-refractivity contribution in [2.24, 2.45) is 11.8 Å². The van der Waals surface area contributed by atoms with E-state index in [-0.39, 0.29) is 24.2 Å². The summed E-state index contributed by atoms with van der Waals surface area (Å²) in [6.45, 7) is 5.80. The fourth-order valence-corrected chi connectivity index (χ4v) is 5.55. The average Bonchev–Trinajstić information content (AvgIpc) is 2.65. The van der Waals surface area contributed by atoms with Gasteiger partial charge in [-0.15, -0.1) is 0 Å². The summed E-state index contributed by atoms with van der Waals surface area (Å²) in [5.74, 6) is 0.533. The molecule has 5 atom stereocenters. The molecule has 2 aliphatic rings. The molecule has 0 spiro atoms. The lowest BCUT2D eigenvalue weighted by molar-refractivity contribution is -0.172. The number of nitrogens with zero attached hydrogens (tertiary/aromatic N) is 1. The lowest BCUT2D eigenvalue weighted by atomic mass is 9.65. The highest BCUT2D eigenvalue weighted by Crippen LogP contribution is 2.54. The molecule has 0 radical (unpaired) electrons. The summed E-state index contributed by atoms with van der Waals surface area (Å²) < 4.78 is 5.99. The molecule has 1 saturated carbocycles. The van der Waals surface area contributed by atoms with Gasteiger partial charge in [-0.1, -0.05) is 66.1 Å². The van der Waals surface area contributed by atoms with Gasteiger partial charge in [0.2, 0.25) is 0 Å². The second-order valence-electron chi connectivity index (χ2n) is 8.71. The van der Waals surface area contributed by atoms with E-state index in [0.717, 1.165) is 12.8 Å². The van der Waals surface area contributed by atoms with Crippen LogP contribution in [0.25, 0.3) is 0 Å². The van der Waals surface area contributed by atoms with Crippen molar-refractivity contribution < 1.29 is 9.53 Å². The van der Waals surface area contributed by atoms with Gasteiger partial charge in [0.25, 0.3) is 0 Å². The summed E-state index contributed by atoms with van der Waals surface area (Å²) in [6.07, 6.45) is 3.40. The number of ether oxygens (including phenoxy) is 1. The fourth-order valence-electron chi connectivity index (χ4n) is 5.55. The standard InChI is InChI=1S/C25H31NO2/c1-16-8-12-19(13-9-16)23-21-6-5-7-22(25(21)28-18(3)27)24(26(23)4)20-14-10-17(2)11-15-20/h8-15,21-25H,5-7H2,1-4H3/t21-,22+,23+,24-,25?. The number of carbonyl (C=O) groups excluding carboxylic acids is 1. The largest absolute Gasteiger partial charge is 0.462 e. The van der Waals surface area contributed by atoms with Gasteiger partial charge < -0.3 is 4.74 Å². The summed E-state index contributed by atoms with van der Waals surface area (Å²) in [5, 5.41) is 0. The molecule has 3 heteroatoms. The first kappa shape index (κ1) is 19.2. The Hall–Kier alpha value is -2.13. The maximum atomic E-state index is 12.0. The quantitative estimate of drug-likeness (QED) is 0.673. The zero-order valence-corrected chi connectivity index (χ0v) is 17.4. The van der Waals surface area contributed by atoms with Crippen molar-refractivity contribution in [3.63, 3.8) is 0 Å². The van der Waals surface area contributed by atoms with E-state index in [1.54, 1.807) is 6.92 Å². The van der Waals surface area contributed by atoms with Crippen LogP contribution in [0.1, 0.15) is 60.5 Å². The predicted molar refractivity (Wildman–Crippen MR) is 112 cm³/mol. The Morgan fingerprint density at radius 1 is 0.857 bits per heavy atom. The smallest absolute Gasteiger partial charge is 0.302 e. The highest BCUT2D eigenvalue weighted by molar-refractivity contribution is 5.66. The van der Waals surface area contributed by atoms with Crippen LogP contribution in [0.5, 0.6) is 0 Å². The zero-order valence-electron chi connectivity index (χ0n) is 17.4. The number of rotatable bonds is 3. The highest BCUT2D eigenvalue weighted by atomic mass is 16.5. The van der Waals surface area contributed by atoms with Crippen molar-refractivity contribution in [3.8, 4) is 0 Å². The van der Waals surface area contributed by atoms with Gasteiger partial charge in [0.05, 0.1) is 0 Å². The van der Waals surface area contributed by atoms with Crippen LogP contribution >= 0.6 is 0 Å². The van der Waals surface area contributed by atoms with Gasteiger partial charge in [-0.05, 0) is 44.9 Å². The first-order valence-electron chi connectivity index (χ1n) is 10.5. The first-order chi connectivity index (χ1) is 13.5. The minimum absolute atomic E-state index is 0.0138. The third kappa shape index (κ3) is 3.48. The molecule has 0 N–H and O–H groups in total. The molecule has 1 aliphatic heterocycles. The van der Waals surface area contributed by atoms with Crippen LogP contribution in [-0.4, -0.2) is 24.0 Å². The third-order valence-electron chi connectivity index (χ3n) is 6.75. The molecule has 148 valence electrons. The molecule has 2 aromatic rings. The number of esters is 1. The molecule has 28 heavy (non-hydrogen) atoms. The lowest BCUT2D eigenvalue weighted by Crippen LogP contribution is -2.54. The highest BCUT2D eigenvalue weighted by Gasteiger charge is 2.51. The van der Waals surface area contributed by atoms with Crippen LogP contribution in [0.4, 0.5) is 0 Å². The van der Waals surface area contributed by atoms with E-state index in [0.29, 0.717) is 11.8 Å². The van der Waals surface area contributed by atoms with Gasteiger partial charge in [0.1, 0.15) is 6.10 Å². The Kier molecular flexibility index (Phi) is 5.29. The molecular weight excluding hydrogens is 346 g/mol. The Morgan fingerprint density at radius 3 is 1.68 bits per heavy atom. The van der Waals surface area contributed by atoms with Gasteiger partial charge in [-0.25, -0.2) is 0 Å². The molecule has 1 saturated heterocycles. The summed E-state index contributed by atoms with van der Waals surface area (Å²) in [7, 11) is 2.25. The molecule has 2 bridgehead atoms. The lowest BCUT2D eigenvalue weighted by Gasteiger charge is -2.55. The van der Waals surface area contributed by atoms with Crippen LogP contribution in [0.3, 0.4) is 0 Å². The van der Waals surface area contributed by atoms with Crippen LogP contribution in [0.2, 0.25) is 0 Å². The van der Waals surface area contributed by atoms with E-state index < -0.39 is 0 Å². The zero-order chi connectivity index (χ0) is 19.8. The first-order valence-corrected chi connectivity index (χ1v) is 10.5. The van der Waals surface area contributed by atoms with Gasteiger partial charge in [0.15, 0.2) is 0 Å². The van der Waals surface area contributed by atoms with Crippen molar-refractivity contribution in [2.75, 3.05) is 7.05 Å². The molecule has 0 aromatic heterocycles. The number of hydrogen-bond donors (Lipinski definition) is 0. The summed E-state index contributed by atoms with van der Waals surface area (Å²) in [6, 6.07) is 18.3. The predicted octanol–water partition coefficient (Wildman–Crippen LogP) is 5.38. The maximum absolute atomic E-state index is 12.0. The van der Waals surface area contributed by atoms with E-state index in [4.69, 9.17) is 4.74 Å². The van der Waals surface area contributed by atoms with E-state index >= 15 is 0 Å². The molecule has 1 aliphatic carbocycles. The van der Waals surface area contributed by atoms with Crippen LogP contribution in [-0.2, 0) is 9.53 Å². The number of hydrogen-bond acceptors (Lipinski definition) is 3. The van der Waals surface area contributed by atoms with Crippen LogP contribution < -0.4 is 0 Å². The molecule has 1 heterocycles.